The van der Waals surface area contributed by atoms with Gasteiger partial charge in [-0.05, 0) is 24.5 Å². The standard InChI is InChI=1S/C14H17N3O3S/c1-8(2)7-10(12(18)19)15-13(20)17-14-16-9-5-3-4-6-11(9)21-14/h3-6,8,10H,7H2,1-2H3,(H,18,19)(H2,15,16,17,20). The van der Waals surface area contributed by atoms with Gasteiger partial charge in [0.2, 0.25) is 0 Å². The third kappa shape index (κ3) is 4.16. The van der Waals surface area contributed by atoms with Crippen molar-refractivity contribution in [2.24, 2.45) is 5.92 Å². The minimum atomic E-state index is -1.04. The Balaban J connectivity index is 2.01. The number of carbonyl (C=O) groups excluding carboxylic acids is 1. The van der Waals surface area contributed by atoms with E-state index in [9.17, 15) is 9.59 Å². The number of aliphatic carboxylic acids is 1. The number of amides is 2. The van der Waals surface area contributed by atoms with Gasteiger partial charge in [0, 0.05) is 0 Å². The van der Waals surface area contributed by atoms with E-state index in [0.29, 0.717) is 11.6 Å². The number of carboxylic acids is 1. The molecular weight excluding hydrogens is 290 g/mol. The van der Waals surface area contributed by atoms with E-state index >= 15 is 0 Å². The summed E-state index contributed by atoms with van der Waals surface area (Å²) in [6, 6.07) is 6.08. The first-order valence-electron chi connectivity index (χ1n) is 6.61. The molecule has 0 fully saturated rings. The number of hydrogen-bond donors (Lipinski definition) is 3. The molecule has 1 aromatic carbocycles. The average Bonchev–Trinajstić information content (AvgIpc) is 2.79. The number of benzene rings is 1. The van der Waals surface area contributed by atoms with Gasteiger partial charge in [0.15, 0.2) is 5.13 Å². The van der Waals surface area contributed by atoms with E-state index in [2.05, 4.69) is 15.6 Å². The van der Waals surface area contributed by atoms with Crippen molar-refractivity contribution in [2.75, 3.05) is 5.32 Å². The Labute approximate surface area is 126 Å². The maximum absolute atomic E-state index is 11.9. The van der Waals surface area contributed by atoms with Crippen LogP contribution in [0.5, 0.6) is 0 Å². The summed E-state index contributed by atoms with van der Waals surface area (Å²) in [6.07, 6.45) is 0.378. The summed E-state index contributed by atoms with van der Waals surface area (Å²) in [4.78, 5) is 27.2. The highest BCUT2D eigenvalue weighted by Crippen LogP contribution is 2.25. The SMILES string of the molecule is CC(C)CC(NC(=O)Nc1nc2ccccc2s1)C(=O)O. The van der Waals surface area contributed by atoms with Crippen molar-refractivity contribution in [1.82, 2.24) is 10.3 Å². The van der Waals surface area contributed by atoms with E-state index in [1.807, 2.05) is 38.1 Å². The van der Waals surface area contributed by atoms with Crippen LogP contribution in [0.15, 0.2) is 24.3 Å². The summed E-state index contributed by atoms with van der Waals surface area (Å²) < 4.78 is 0.963. The van der Waals surface area contributed by atoms with Crippen molar-refractivity contribution >= 4 is 38.7 Å². The molecule has 0 aliphatic carbocycles. The predicted octanol–water partition coefficient (Wildman–Crippen LogP) is 2.92. The molecule has 0 saturated heterocycles. The number of carbonyl (C=O) groups is 2. The van der Waals surface area contributed by atoms with E-state index in [0.717, 1.165) is 10.2 Å². The Bertz CT molecular complexity index is 621. The predicted molar refractivity (Wildman–Crippen MR) is 82.7 cm³/mol. The number of fused-ring (bicyclic) bond motifs is 1. The summed E-state index contributed by atoms with van der Waals surface area (Å²) in [5.74, 6) is -0.864. The molecule has 0 saturated carbocycles. The number of para-hydroxylation sites is 1. The Kier molecular flexibility index (Phi) is 4.74. The molecule has 2 rings (SSSR count). The fourth-order valence-electron chi connectivity index (χ4n) is 1.91. The zero-order valence-electron chi connectivity index (χ0n) is 11.8. The molecule has 6 nitrogen and oxygen atoms in total. The van der Waals surface area contributed by atoms with E-state index in [-0.39, 0.29) is 5.92 Å². The maximum atomic E-state index is 11.9. The fraction of sp³-hybridized carbons (Fsp3) is 0.357. The van der Waals surface area contributed by atoms with Gasteiger partial charge in [0.05, 0.1) is 10.2 Å². The van der Waals surface area contributed by atoms with E-state index in [4.69, 9.17) is 5.11 Å². The number of carboxylic acid groups (broad SMARTS) is 1. The first-order chi connectivity index (χ1) is 9.95. The normalized spacial score (nSPS) is 12.3. The summed E-state index contributed by atoms with van der Waals surface area (Å²) in [5.41, 5.74) is 0.801. The fourth-order valence-corrected chi connectivity index (χ4v) is 2.77. The molecule has 3 N–H and O–H groups in total. The van der Waals surface area contributed by atoms with Crippen LogP contribution in [0, 0.1) is 5.92 Å². The number of nitrogens with zero attached hydrogens (tertiary/aromatic N) is 1. The second kappa shape index (κ2) is 6.53. The zero-order chi connectivity index (χ0) is 15.4. The third-order valence-corrected chi connectivity index (χ3v) is 3.78. The van der Waals surface area contributed by atoms with Gasteiger partial charge in [-0.3, -0.25) is 5.32 Å². The Morgan fingerprint density at radius 2 is 2.05 bits per heavy atom. The number of thiazole rings is 1. The minimum absolute atomic E-state index is 0.175. The van der Waals surface area contributed by atoms with Gasteiger partial charge in [-0.2, -0.15) is 0 Å². The van der Waals surface area contributed by atoms with Gasteiger partial charge in [-0.25, -0.2) is 14.6 Å². The van der Waals surface area contributed by atoms with Crippen LogP contribution < -0.4 is 10.6 Å². The van der Waals surface area contributed by atoms with Gasteiger partial charge in [0.1, 0.15) is 6.04 Å². The lowest BCUT2D eigenvalue weighted by Crippen LogP contribution is -2.43. The number of nitrogens with one attached hydrogen (secondary N) is 2. The van der Waals surface area contributed by atoms with Crippen LogP contribution in [-0.2, 0) is 4.79 Å². The molecule has 21 heavy (non-hydrogen) atoms. The lowest BCUT2D eigenvalue weighted by atomic mass is 10.0. The van der Waals surface area contributed by atoms with Gasteiger partial charge in [0.25, 0.3) is 0 Å². The monoisotopic (exact) mass is 307 g/mol. The first kappa shape index (κ1) is 15.2. The highest BCUT2D eigenvalue weighted by atomic mass is 32.1. The van der Waals surface area contributed by atoms with E-state index in [1.165, 1.54) is 11.3 Å². The minimum Gasteiger partial charge on any atom is -0.480 e. The van der Waals surface area contributed by atoms with Crippen LogP contribution in [0.3, 0.4) is 0 Å². The average molecular weight is 307 g/mol. The molecular formula is C14H17N3O3S. The molecule has 0 bridgehead atoms. The Morgan fingerprint density at radius 1 is 1.33 bits per heavy atom. The molecule has 7 heteroatoms. The van der Waals surface area contributed by atoms with Crippen molar-refractivity contribution in [3.05, 3.63) is 24.3 Å². The lowest BCUT2D eigenvalue weighted by molar-refractivity contribution is -0.139. The maximum Gasteiger partial charge on any atom is 0.326 e. The van der Waals surface area contributed by atoms with Gasteiger partial charge < -0.3 is 10.4 Å². The number of aromatic nitrogens is 1. The van der Waals surface area contributed by atoms with Gasteiger partial charge >= 0.3 is 12.0 Å². The molecule has 1 heterocycles. The number of anilines is 1. The highest BCUT2D eigenvalue weighted by molar-refractivity contribution is 7.22. The molecule has 0 radical (unpaired) electrons. The molecule has 0 spiro atoms. The summed E-state index contributed by atoms with van der Waals surface area (Å²) in [6.45, 7) is 3.81. The molecule has 112 valence electrons. The van der Waals surface area contributed by atoms with Gasteiger partial charge in [-0.1, -0.05) is 37.3 Å². The number of urea groups is 1. The molecule has 0 aliphatic rings. The second-order valence-corrected chi connectivity index (χ2v) is 6.14. The molecule has 1 atom stereocenters. The van der Waals surface area contributed by atoms with Crippen LogP contribution >= 0.6 is 11.3 Å². The quantitative estimate of drug-likeness (QED) is 0.792. The van der Waals surface area contributed by atoms with Gasteiger partial charge in [-0.15, -0.1) is 0 Å². The van der Waals surface area contributed by atoms with E-state index in [1.54, 1.807) is 0 Å². The highest BCUT2D eigenvalue weighted by Gasteiger charge is 2.21. The van der Waals surface area contributed by atoms with Crippen molar-refractivity contribution < 1.29 is 14.7 Å². The Morgan fingerprint density at radius 3 is 2.67 bits per heavy atom. The second-order valence-electron chi connectivity index (χ2n) is 5.11. The molecule has 2 amide bonds. The lowest BCUT2D eigenvalue weighted by Gasteiger charge is -2.16. The van der Waals surface area contributed by atoms with Crippen LogP contribution in [-0.4, -0.2) is 28.1 Å². The topological polar surface area (TPSA) is 91.3 Å². The van der Waals surface area contributed by atoms with Crippen LogP contribution in [0.25, 0.3) is 10.2 Å². The summed E-state index contributed by atoms with van der Waals surface area (Å²) >= 11 is 1.34. The largest absolute Gasteiger partial charge is 0.480 e. The van der Waals surface area contributed by atoms with Crippen molar-refractivity contribution in [3.8, 4) is 0 Å². The number of hydrogen-bond acceptors (Lipinski definition) is 4. The molecule has 1 aromatic heterocycles. The summed E-state index contributed by atoms with van der Waals surface area (Å²) in [5, 5.41) is 14.6. The smallest absolute Gasteiger partial charge is 0.326 e. The van der Waals surface area contributed by atoms with Crippen LogP contribution in [0.2, 0.25) is 0 Å². The molecule has 2 aromatic rings. The van der Waals surface area contributed by atoms with Crippen molar-refractivity contribution in [2.45, 2.75) is 26.3 Å². The first-order valence-corrected chi connectivity index (χ1v) is 7.43. The Hall–Kier alpha value is -2.15. The van der Waals surface area contributed by atoms with Crippen molar-refractivity contribution in [1.29, 1.82) is 0 Å². The van der Waals surface area contributed by atoms with Crippen LogP contribution in [0.4, 0.5) is 9.93 Å². The molecule has 1 unspecified atom stereocenters. The van der Waals surface area contributed by atoms with Crippen LogP contribution in [0.1, 0.15) is 20.3 Å². The van der Waals surface area contributed by atoms with E-state index < -0.39 is 18.0 Å². The molecule has 0 aliphatic heterocycles. The number of rotatable bonds is 5. The zero-order valence-corrected chi connectivity index (χ0v) is 12.6. The third-order valence-electron chi connectivity index (χ3n) is 2.82. The van der Waals surface area contributed by atoms with Crippen molar-refractivity contribution in [3.63, 3.8) is 0 Å². The summed E-state index contributed by atoms with van der Waals surface area (Å²) in [7, 11) is 0.